The summed E-state index contributed by atoms with van der Waals surface area (Å²) in [7, 11) is 1.56. The number of carbonyl (C=O) groups is 2. The van der Waals surface area contributed by atoms with Crippen LogP contribution in [0.3, 0.4) is 0 Å². The van der Waals surface area contributed by atoms with Gasteiger partial charge in [0.2, 0.25) is 0 Å². The molecule has 0 atom stereocenters. The zero-order valence-electron chi connectivity index (χ0n) is 17.6. The summed E-state index contributed by atoms with van der Waals surface area (Å²) in [6, 6.07) is 8.70. The maximum atomic E-state index is 12.7. The average Bonchev–Trinajstić information content (AvgIpc) is 2.65. The summed E-state index contributed by atoms with van der Waals surface area (Å²) >= 11 is 0. The van der Waals surface area contributed by atoms with Gasteiger partial charge in [0.25, 0.3) is 5.91 Å². The van der Waals surface area contributed by atoms with Crippen molar-refractivity contribution >= 4 is 11.9 Å². The van der Waals surface area contributed by atoms with Crippen molar-refractivity contribution in [2.24, 2.45) is 0 Å². The predicted molar refractivity (Wildman–Crippen MR) is 109 cm³/mol. The van der Waals surface area contributed by atoms with E-state index in [9.17, 15) is 9.59 Å². The van der Waals surface area contributed by atoms with E-state index in [1.807, 2.05) is 19.1 Å². The van der Waals surface area contributed by atoms with Gasteiger partial charge in [-0.05, 0) is 63.6 Å². The molecule has 29 heavy (non-hydrogen) atoms. The number of carbonyl (C=O) groups excluding carboxylic acids is 2. The van der Waals surface area contributed by atoms with Crippen molar-refractivity contribution in [1.82, 2.24) is 9.88 Å². The van der Waals surface area contributed by atoms with E-state index in [0.717, 1.165) is 5.56 Å². The van der Waals surface area contributed by atoms with E-state index in [4.69, 9.17) is 14.2 Å². The fraction of sp³-hybridized carbons (Fsp3) is 0.409. The third-order valence-corrected chi connectivity index (χ3v) is 3.77. The van der Waals surface area contributed by atoms with Gasteiger partial charge in [-0.1, -0.05) is 0 Å². The number of hydrogen-bond acceptors (Lipinski definition) is 6. The number of benzene rings is 1. The van der Waals surface area contributed by atoms with Crippen LogP contribution in [-0.2, 0) is 16.1 Å². The molecule has 0 spiro atoms. The molecule has 0 saturated carbocycles. The zero-order chi connectivity index (χ0) is 21.4. The maximum Gasteiger partial charge on any atom is 0.326 e. The van der Waals surface area contributed by atoms with Crippen LogP contribution in [0.4, 0.5) is 0 Å². The first kappa shape index (κ1) is 22.2. The van der Waals surface area contributed by atoms with Crippen LogP contribution >= 0.6 is 0 Å². The molecule has 2 rings (SSSR count). The summed E-state index contributed by atoms with van der Waals surface area (Å²) in [5.41, 5.74) is 0.771. The molecule has 7 nitrogen and oxygen atoms in total. The second-order valence-corrected chi connectivity index (χ2v) is 7.49. The highest BCUT2D eigenvalue weighted by Crippen LogP contribution is 2.29. The monoisotopic (exact) mass is 400 g/mol. The highest BCUT2D eigenvalue weighted by atomic mass is 16.6. The SMILES string of the molecule is CCOc1cc(C(=O)N(C)CC(=O)OC(C)(C)C)ccc1OCc1ccncc1. The van der Waals surface area contributed by atoms with E-state index in [0.29, 0.717) is 30.3 Å². The molecule has 1 heterocycles. The van der Waals surface area contributed by atoms with E-state index in [1.54, 1.807) is 58.4 Å². The second-order valence-electron chi connectivity index (χ2n) is 7.49. The normalized spacial score (nSPS) is 10.9. The molecule has 0 bridgehead atoms. The molecule has 0 fully saturated rings. The molecule has 1 amide bonds. The first-order valence-electron chi connectivity index (χ1n) is 9.45. The van der Waals surface area contributed by atoms with Gasteiger partial charge in [-0.15, -0.1) is 0 Å². The van der Waals surface area contributed by atoms with Crippen molar-refractivity contribution in [3.8, 4) is 11.5 Å². The Labute approximate surface area is 171 Å². The van der Waals surface area contributed by atoms with E-state index in [2.05, 4.69) is 4.98 Å². The lowest BCUT2D eigenvalue weighted by molar-refractivity contribution is -0.155. The Morgan fingerprint density at radius 3 is 2.34 bits per heavy atom. The Kier molecular flexibility index (Phi) is 7.59. The van der Waals surface area contributed by atoms with Crippen molar-refractivity contribution in [3.63, 3.8) is 0 Å². The molecule has 2 aromatic rings. The minimum Gasteiger partial charge on any atom is -0.490 e. The van der Waals surface area contributed by atoms with Gasteiger partial charge in [0.1, 0.15) is 18.8 Å². The number of likely N-dealkylation sites (N-methyl/N-ethyl adjacent to an activating group) is 1. The van der Waals surface area contributed by atoms with Gasteiger partial charge in [0.15, 0.2) is 11.5 Å². The van der Waals surface area contributed by atoms with Crippen LogP contribution in [0.2, 0.25) is 0 Å². The van der Waals surface area contributed by atoms with Gasteiger partial charge >= 0.3 is 5.97 Å². The minimum atomic E-state index is -0.600. The molecular formula is C22H28N2O5. The predicted octanol–water partition coefficient (Wildman–Crippen LogP) is 3.47. The van der Waals surface area contributed by atoms with Crippen molar-refractivity contribution in [3.05, 3.63) is 53.9 Å². The number of aromatic nitrogens is 1. The molecule has 1 aromatic carbocycles. The smallest absolute Gasteiger partial charge is 0.326 e. The number of pyridine rings is 1. The molecule has 0 aliphatic heterocycles. The first-order valence-corrected chi connectivity index (χ1v) is 9.45. The van der Waals surface area contributed by atoms with E-state index >= 15 is 0 Å². The molecule has 1 aromatic heterocycles. The Morgan fingerprint density at radius 1 is 1.03 bits per heavy atom. The topological polar surface area (TPSA) is 78.0 Å². The van der Waals surface area contributed by atoms with Gasteiger partial charge < -0.3 is 19.1 Å². The lowest BCUT2D eigenvalue weighted by atomic mass is 10.1. The quantitative estimate of drug-likeness (QED) is 0.632. The van der Waals surface area contributed by atoms with Gasteiger partial charge in [0, 0.05) is 25.0 Å². The average molecular weight is 400 g/mol. The van der Waals surface area contributed by atoms with Gasteiger partial charge in [-0.2, -0.15) is 0 Å². The summed E-state index contributed by atoms with van der Waals surface area (Å²) in [6.07, 6.45) is 3.40. The van der Waals surface area contributed by atoms with Crippen LogP contribution in [-0.4, -0.2) is 47.6 Å². The summed E-state index contributed by atoms with van der Waals surface area (Å²) in [5.74, 6) is 0.237. The molecule has 0 aliphatic carbocycles. The van der Waals surface area contributed by atoms with Crippen molar-refractivity contribution in [2.45, 2.75) is 39.9 Å². The molecule has 0 aliphatic rings. The fourth-order valence-electron chi connectivity index (χ4n) is 2.53. The summed E-state index contributed by atoms with van der Waals surface area (Å²) < 4.78 is 16.7. The molecule has 7 heteroatoms. The Bertz CT molecular complexity index is 831. The lowest BCUT2D eigenvalue weighted by Crippen LogP contribution is -2.36. The fourth-order valence-corrected chi connectivity index (χ4v) is 2.53. The van der Waals surface area contributed by atoms with Crippen LogP contribution in [0.5, 0.6) is 11.5 Å². The largest absolute Gasteiger partial charge is 0.490 e. The highest BCUT2D eigenvalue weighted by molar-refractivity contribution is 5.96. The number of nitrogens with zero attached hydrogens (tertiary/aromatic N) is 2. The Balaban J connectivity index is 2.09. The van der Waals surface area contributed by atoms with Crippen LogP contribution in [0.15, 0.2) is 42.7 Å². The Hall–Kier alpha value is -3.09. The summed E-state index contributed by atoms with van der Waals surface area (Å²) in [4.78, 5) is 30.0. The van der Waals surface area contributed by atoms with Gasteiger partial charge in [-0.25, -0.2) is 0 Å². The molecule has 0 radical (unpaired) electrons. The standard InChI is InChI=1S/C22H28N2O5/c1-6-27-19-13-17(21(26)24(5)14-20(25)29-22(2,3)4)7-8-18(19)28-15-16-9-11-23-12-10-16/h7-13H,6,14-15H2,1-5H3. The number of ether oxygens (including phenoxy) is 3. The van der Waals surface area contributed by atoms with Crippen molar-refractivity contribution in [2.75, 3.05) is 20.2 Å². The molecule has 0 N–H and O–H groups in total. The third-order valence-electron chi connectivity index (χ3n) is 3.77. The second kappa shape index (κ2) is 9.91. The van der Waals surface area contributed by atoms with E-state index < -0.39 is 11.6 Å². The van der Waals surface area contributed by atoms with Gasteiger partial charge in [0.05, 0.1) is 6.61 Å². The minimum absolute atomic E-state index is 0.139. The van der Waals surface area contributed by atoms with E-state index in [-0.39, 0.29) is 12.5 Å². The summed E-state index contributed by atoms with van der Waals surface area (Å²) in [6.45, 7) is 7.85. The van der Waals surface area contributed by atoms with Crippen molar-refractivity contribution < 1.29 is 23.8 Å². The Morgan fingerprint density at radius 2 is 1.72 bits per heavy atom. The molecule has 0 unspecified atom stereocenters. The number of esters is 1. The first-order chi connectivity index (χ1) is 13.7. The number of hydrogen-bond donors (Lipinski definition) is 0. The van der Waals surface area contributed by atoms with Crippen LogP contribution in [0, 0.1) is 0 Å². The van der Waals surface area contributed by atoms with Crippen LogP contribution in [0.25, 0.3) is 0 Å². The third kappa shape index (κ3) is 7.10. The van der Waals surface area contributed by atoms with Crippen molar-refractivity contribution in [1.29, 1.82) is 0 Å². The maximum absolute atomic E-state index is 12.7. The zero-order valence-corrected chi connectivity index (χ0v) is 17.6. The van der Waals surface area contributed by atoms with Gasteiger partial charge in [-0.3, -0.25) is 14.6 Å². The molecule has 156 valence electrons. The lowest BCUT2D eigenvalue weighted by Gasteiger charge is -2.23. The number of amides is 1. The van der Waals surface area contributed by atoms with Crippen LogP contribution < -0.4 is 9.47 Å². The van der Waals surface area contributed by atoms with Crippen LogP contribution in [0.1, 0.15) is 43.6 Å². The molecular weight excluding hydrogens is 372 g/mol. The highest BCUT2D eigenvalue weighted by Gasteiger charge is 2.21. The number of rotatable bonds is 8. The summed E-state index contributed by atoms with van der Waals surface area (Å²) in [5, 5.41) is 0. The van der Waals surface area contributed by atoms with E-state index in [1.165, 1.54) is 4.90 Å². The molecule has 0 saturated heterocycles.